The van der Waals surface area contributed by atoms with Crippen molar-refractivity contribution in [2.45, 2.75) is 51.4 Å². The van der Waals surface area contributed by atoms with Gasteiger partial charge in [0.1, 0.15) is 0 Å². The van der Waals surface area contributed by atoms with Crippen LogP contribution in [0.4, 0.5) is 18.9 Å². The predicted molar refractivity (Wildman–Crippen MR) is 103 cm³/mol. The molecule has 0 spiro atoms. The summed E-state index contributed by atoms with van der Waals surface area (Å²) in [5.41, 5.74) is 8.08. The summed E-state index contributed by atoms with van der Waals surface area (Å²) in [4.78, 5) is 2.38. The molecule has 3 rings (SSSR count). The fourth-order valence-electron chi connectivity index (χ4n) is 4.19. The molecule has 1 saturated carbocycles. The van der Waals surface area contributed by atoms with Crippen molar-refractivity contribution in [1.29, 1.82) is 0 Å². The zero-order valence-electron chi connectivity index (χ0n) is 15.7. The third-order valence-electron chi connectivity index (χ3n) is 5.59. The van der Waals surface area contributed by atoms with Crippen molar-refractivity contribution < 1.29 is 13.2 Å². The maximum Gasteiger partial charge on any atom is 0.416 e. The van der Waals surface area contributed by atoms with Gasteiger partial charge in [0, 0.05) is 18.3 Å². The van der Waals surface area contributed by atoms with Crippen LogP contribution in [-0.4, -0.2) is 11.4 Å². The van der Waals surface area contributed by atoms with E-state index >= 15 is 0 Å². The van der Waals surface area contributed by atoms with Crippen molar-refractivity contribution in [3.63, 3.8) is 0 Å². The van der Waals surface area contributed by atoms with E-state index in [1.165, 1.54) is 30.5 Å². The smallest absolute Gasteiger partial charge is 0.399 e. The molecule has 1 aliphatic carbocycles. The number of hydrogen-bond donors (Lipinski definition) is 1. The third-order valence-corrected chi connectivity index (χ3v) is 5.59. The Hall–Kier alpha value is -2.01. The van der Waals surface area contributed by atoms with Crippen LogP contribution in [0.2, 0.25) is 0 Å². The van der Waals surface area contributed by atoms with E-state index in [0.717, 1.165) is 37.2 Å². The molecule has 5 heteroatoms. The Morgan fingerprint density at radius 3 is 2.11 bits per heavy atom. The summed E-state index contributed by atoms with van der Waals surface area (Å²) < 4.78 is 38.8. The normalized spacial score (nSPS) is 16.8. The van der Waals surface area contributed by atoms with E-state index in [0.29, 0.717) is 5.92 Å². The van der Waals surface area contributed by atoms with Gasteiger partial charge in [0.2, 0.25) is 0 Å². The van der Waals surface area contributed by atoms with E-state index < -0.39 is 11.7 Å². The standard InChI is InChI=1S/C22H27F3N2/c1-2-27(15-16-7-13-20(26)14-8-16)21(17-5-3-4-6-17)18-9-11-19(12-10-18)22(23,24)25/h7-14,17,21H,2-6,15,26H2,1H3. The van der Waals surface area contributed by atoms with Gasteiger partial charge in [-0.1, -0.05) is 44.0 Å². The van der Waals surface area contributed by atoms with Crippen molar-refractivity contribution in [2.24, 2.45) is 5.92 Å². The van der Waals surface area contributed by atoms with Crippen LogP contribution in [0.1, 0.15) is 55.3 Å². The first kappa shape index (κ1) is 19.7. The Balaban J connectivity index is 1.88. The summed E-state index contributed by atoms with van der Waals surface area (Å²) >= 11 is 0. The minimum Gasteiger partial charge on any atom is -0.399 e. The largest absolute Gasteiger partial charge is 0.416 e. The first-order valence-electron chi connectivity index (χ1n) is 9.64. The second kappa shape index (κ2) is 8.34. The average Bonchev–Trinajstić information content (AvgIpc) is 3.17. The Morgan fingerprint density at radius 2 is 1.59 bits per heavy atom. The van der Waals surface area contributed by atoms with E-state index in [9.17, 15) is 13.2 Å². The van der Waals surface area contributed by atoms with E-state index in [4.69, 9.17) is 5.73 Å². The molecule has 0 amide bonds. The molecule has 2 nitrogen and oxygen atoms in total. The van der Waals surface area contributed by atoms with Crippen molar-refractivity contribution in [3.8, 4) is 0 Å². The number of halogens is 3. The molecule has 1 aliphatic rings. The lowest BCUT2D eigenvalue weighted by Gasteiger charge is -2.36. The number of nitrogen functional groups attached to an aromatic ring is 1. The first-order valence-corrected chi connectivity index (χ1v) is 9.64. The molecule has 0 heterocycles. The second-order valence-corrected chi connectivity index (χ2v) is 7.41. The second-order valence-electron chi connectivity index (χ2n) is 7.41. The molecule has 1 fully saturated rings. The number of rotatable bonds is 6. The van der Waals surface area contributed by atoms with Gasteiger partial charge in [-0.3, -0.25) is 4.90 Å². The van der Waals surface area contributed by atoms with Crippen LogP contribution in [0, 0.1) is 5.92 Å². The summed E-state index contributed by atoms with van der Waals surface area (Å²) in [7, 11) is 0. The Bertz CT molecular complexity index is 717. The molecular formula is C22H27F3N2. The SMILES string of the molecule is CCN(Cc1ccc(N)cc1)C(c1ccc(C(F)(F)F)cc1)C1CCCC1. The van der Waals surface area contributed by atoms with Crippen LogP contribution < -0.4 is 5.73 Å². The monoisotopic (exact) mass is 376 g/mol. The zero-order chi connectivity index (χ0) is 19.4. The van der Waals surface area contributed by atoms with Gasteiger partial charge in [-0.05, 0) is 60.7 Å². The highest BCUT2D eigenvalue weighted by Gasteiger charge is 2.33. The zero-order valence-corrected chi connectivity index (χ0v) is 15.7. The summed E-state index contributed by atoms with van der Waals surface area (Å²) in [5.74, 6) is 0.482. The summed E-state index contributed by atoms with van der Waals surface area (Å²) in [5, 5.41) is 0. The lowest BCUT2D eigenvalue weighted by Crippen LogP contribution is -2.32. The summed E-state index contributed by atoms with van der Waals surface area (Å²) in [6.45, 7) is 3.72. The highest BCUT2D eigenvalue weighted by atomic mass is 19.4. The summed E-state index contributed by atoms with van der Waals surface area (Å²) in [6, 6.07) is 13.7. The molecule has 27 heavy (non-hydrogen) atoms. The van der Waals surface area contributed by atoms with Gasteiger partial charge in [0.15, 0.2) is 0 Å². The van der Waals surface area contributed by atoms with Crippen LogP contribution in [0.25, 0.3) is 0 Å². The first-order chi connectivity index (χ1) is 12.9. The average molecular weight is 376 g/mol. The van der Waals surface area contributed by atoms with Crippen molar-refractivity contribution in [2.75, 3.05) is 12.3 Å². The van der Waals surface area contributed by atoms with Gasteiger partial charge in [-0.15, -0.1) is 0 Å². The molecule has 1 unspecified atom stereocenters. The molecule has 1 atom stereocenters. The van der Waals surface area contributed by atoms with Gasteiger partial charge in [0.05, 0.1) is 5.56 Å². The van der Waals surface area contributed by atoms with Crippen molar-refractivity contribution in [1.82, 2.24) is 4.90 Å². The Morgan fingerprint density at radius 1 is 1.00 bits per heavy atom. The maximum absolute atomic E-state index is 12.9. The number of nitrogens with zero attached hydrogens (tertiary/aromatic N) is 1. The maximum atomic E-state index is 12.9. The molecular weight excluding hydrogens is 349 g/mol. The fourth-order valence-corrected chi connectivity index (χ4v) is 4.19. The highest BCUT2D eigenvalue weighted by molar-refractivity contribution is 5.39. The van der Waals surface area contributed by atoms with Gasteiger partial charge in [-0.2, -0.15) is 13.2 Å². The molecule has 2 aromatic rings. The number of alkyl halides is 3. The van der Waals surface area contributed by atoms with E-state index in [-0.39, 0.29) is 6.04 Å². The molecule has 0 radical (unpaired) electrons. The summed E-state index contributed by atoms with van der Waals surface area (Å²) in [6.07, 6.45) is 0.353. The van der Waals surface area contributed by atoms with Crippen molar-refractivity contribution in [3.05, 3.63) is 65.2 Å². The number of anilines is 1. The van der Waals surface area contributed by atoms with Crippen LogP contribution >= 0.6 is 0 Å². The van der Waals surface area contributed by atoms with Crippen LogP contribution in [0.15, 0.2) is 48.5 Å². The molecule has 2 aromatic carbocycles. The molecule has 0 bridgehead atoms. The lowest BCUT2D eigenvalue weighted by molar-refractivity contribution is -0.137. The molecule has 0 saturated heterocycles. The molecule has 0 aliphatic heterocycles. The van der Waals surface area contributed by atoms with E-state index in [1.54, 1.807) is 12.1 Å². The lowest BCUT2D eigenvalue weighted by atomic mass is 9.89. The fraction of sp³-hybridized carbons (Fsp3) is 0.455. The highest BCUT2D eigenvalue weighted by Crippen LogP contribution is 2.41. The number of nitrogens with two attached hydrogens (primary N) is 1. The van der Waals surface area contributed by atoms with Gasteiger partial charge in [0.25, 0.3) is 0 Å². The Labute approximate surface area is 159 Å². The van der Waals surface area contributed by atoms with Gasteiger partial charge < -0.3 is 5.73 Å². The third kappa shape index (κ3) is 4.83. The van der Waals surface area contributed by atoms with Crippen LogP contribution in [0.3, 0.4) is 0 Å². The minimum atomic E-state index is -4.30. The quantitative estimate of drug-likeness (QED) is 0.623. The topological polar surface area (TPSA) is 29.3 Å². The van der Waals surface area contributed by atoms with E-state index in [1.807, 2.05) is 24.3 Å². The predicted octanol–water partition coefficient (Wildman–Crippen LogP) is 6.04. The van der Waals surface area contributed by atoms with Crippen LogP contribution in [0.5, 0.6) is 0 Å². The molecule has 2 N–H and O–H groups in total. The minimum absolute atomic E-state index is 0.136. The van der Waals surface area contributed by atoms with Gasteiger partial charge >= 0.3 is 6.18 Å². The van der Waals surface area contributed by atoms with Crippen molar-refractivity contribution >= 4 is 5.69 Å². The number of hydrogen-bond acceptors (Lipinski definition) is 2. The van der Waals surface area contributed by atoms with E-state index in [2.05, 4.69) is 11.8 Å². The molecule has 0 aromatic heterocycles. The molecule has 146 valence electrons. The Kier molecular flexibility index (Phi) is 6.10. The van der Waals surface area contributed by atoms with Crippen LogP contribution in [-0.2, 0) is 12.7 Å². The number of benzene rings is 2. The van der Waals surface area contributed by atoms with Gasteiger partial charge in [-0.25, -0.2) is 0 Å².